The lowest BCUT2D eigenvalue weighted by atomic mass is 10.1. The predicted molar refractivity (Wildman–Crippen MR) is 62.1 cm³/mol. The zero-order valence-corrected chi connectivity index (χ0v) is 9.94. The van der Waals surface area contributed by atoms with E-state index >= 15 is 0 Å². The second kappa shape index (κ2) is 4.67. The van der Waals surface area contributed by atoms with E-state index in [2.05, 4.69) is 26.8 Å². The molecule has 1 unspecified atom stereocenters. The third kappa shape index (κ3) is 3.93. The first kappa shape index (κ1) is 12.1. The van der Waals surface area contributed by atoms with E-state index < -0.39 is 0 Å². The number of nitrogens with zero attached hydrogens (tertiary/aromatic N) is 1. The molecule has 0 fully saturated rings. The van der Waals surface area contributed by atoms with Crippen LogP contribution in [0.25, 0.3) is 0 Å². The summed E-state index contributed by atoms with van der Waals surface area (Å²) in [7, 11) is 0. The first-order valence-electron chi connectivity index (χ1n) is 4.75. The van der Waals surface area contributed by atoms with E-state index in [1.165, 1.54) is 12.1 Å². The van der Waals surface area contributed by atoms with Gasteiger partial charge in [-0.15, -0.1) is 11.8 Å². The van der Waals surface area contributed by atoms with Crippen molar-refractivity contribution in [3.05, 3.63) is 35.6 Å². The Bertz CT molecular complexity index is 359. The molecule has 0 radical (unpaired) electrons. The van der Waals surface area contributed by atoms with E-state index in [9.17, 15) is 4.39 Å². The van der Waals surface area contributed by atoms with Crippen LogP contribution in [0, 0.1) is 17.1 Å². The van der Waals surface area contributed by atoms with Gasteiger partial charge in [-0.2, -0.15) is 5.26 Å². The first-order valence-corrected chi connectivity index (χ1v) is 5.63. The molecule has 0 amide bonds. The van der Waals surface area contributed by atoms with E-state index in [1.54, 1.807) is 23.9 Å². The Hall–Kier alpha value is -1.01. The Morgan fingerprint density at radius 2 is 1.80 bits per heavy atom. The number of benzene rings is 1. The summed E-state index contributed by atoms with van der Waals surface area (Å²) in [4.78, 5) is 0. The van der Waals surface area contributed by atoms with Gasteiger partial charge in [-0.3, -0.25) is 0 Å². The van der Waals surface area contributed by atoms with E-state index in [4.69, 9.17) is 5.26 Å². The second-order valence-corrected chi connectivity index (χ2v) is 6.22. The highest BCUT2D eigenvalue weighted by Gasteiger charge is 2.20. The van der Waals surface area contributed by atoms with Gasteiger partial charge in [0, 0.05) is 4.75 Å². The zero-order valence-electron chi connectivity index (χ0n) is 9.12. The maximum Gasteiger partial charge on any atom is 0.123 e. The van der Waals surface area contributed by atoms with Crippen molar-refractivity contribution in [3.63, 3.8) is 0 Å². The SMILES string of the molecule is CC(C)(C)SC(C#N)c1ccc(F)cc1. The quantitative estimate of drug-likeness (QED) is 0.758. The number of hydrogen-bond acceptors (Lipinski definition) is 2. The number of rotatable bonds is 2. The summed E-state index contributed by atoms with van der Waals surface area (Å²) in [6.45, 7) is 6.18. The van der Waals surface area contributed by atoms with Crippen molar-refractivity contribution in [2.45, 2.75) is 30.8 Å². The van der Waals surface area contributed by atoms with Gasteiger partial charge in [0.2, 0.25) is 0 Å². The lowest BCUT2D eigenvalue weighted by molar-refractivity contribution is 0.627. The molecule has 1 aromatic carbocycles. The number of hydrogen-bond donors (Lipinski definition) is 0. The van der Waals surface area contributed by atoms with Crippen LogP contribution in [0.5, 0.6) is 0 Å². The molecule has 0 aliphatic carbocycles. The van der Waals surface area contributed by atoms with Crippen LogP contribution in [0.3, 0.4) is 0 Å². The molecule has 1 nitrogen and oxygen atoms in total. The van der Waals surface area contributed by atoms with Crippen LogP contribution in [0.2, 0.25) is 0 Å². The molecule has 0 aromatic heterocycles. The summed E-state index contributed by atoms with van der Waals surface area (Å²) in [6.07, 6.45) is 0. The van der Waals surface area contributed by atoms with Crippen LogP contribution in [0.15, 0.2) is 24.3 Å². The summed E-state index contributed by atoms with van der Waals surface area (Å²) >= 11 is 1.58. The fourth-order valence-corrected chi connectivity index (χ4v) is 2.21. The van der Waals surface area contributed by atoms with Crippen molar-refractivity contribution < 1.29 is 4.39 Å². The van der Waals surface area contributed by atoms with Crippen molar-refractivity contribution in [2.75, 3.05) is 0 Å². The molecule has 0 aliphatic heterocycles. The minimum absolute atomic E-state index is 0.0226. The Morgan fingerprint density at radius 1 is 1.27 bits per heavy atom. The van der Waals surface area contributed by atoms with E-state index in [-0.39, 0.29) is 15.8 Å². The molecule has 0 heterocycles. The van der Waals surface area contributed by atoms with Crippen LogP contribution in [0.1, 0.15) is 31.6 Å². The standard InChI is InChI=1S/C12H14FNS/c1-12(2,3)15-11(8-14)9-4-6-10(13)7-5-9/h4-7,11H,1-3H3. The summed E-state index contributed by atoms with van der Waals surface area (Å²) in [5.74, 6) is -0.267. The lowest BCUT2D eigenvalue weighted by Crippen LogP contribution is -2.10. The number of thioether (sulfide) groups is 1. The van der Waals surface area contributed by atoms with Gasteiger partial charge in [-0.05, 0) is 17.7 Å². The van der Waals surface area contributed by atoms with Crippen LogP contribution in [-0.4, -0.2) is 4.75 Å². The predicted octanol–water partition coefficient (Wildman–Crippen LogP) is 3.92. The van der Waals surface area contributed by atoms with Crippen molar-refractivity contribution in [1.82, 2.24) is 0 Å². The van der Waals surface area contributed by atoms with E-state index in [0.717, 1.165) is 5.56 Å². The van der Waals surface area contributed by atoms with Crippen molar-refractivity contribution in [3.8, 4) is 6.07 Å². The fourth-order valence-electron chi connectivity index (χ4n) is 1.16. The monoisotopic (exact) mass is 223 g/mol. The molecule has 15 heavy (non-hydrogen) atoms. The third-order valence-corrected chi connectivity index (χ3v) is 3.08. The second-order valence-electron chi connectivity index (χ2n) is 4.29. The molecular formula is C12H14FNS. The smallest absolute Gasteiger partial charge is 0.123 e. The Labute approximate surface area is 94.3 Å². The fraction of sp³-hybridized carbons (Fsp3) is 0.417. The molecule has 1 rings (SSSR count). The van der Waals surface area contributed by atoms with Gasteiger partial charge >= 0.3 is 0 Å². The minimum Gasteiger partial charge on any atom is -0.207 e. The largest absolute Gasteiger partial charge is 0.207 e. The molecular weight excluding hydrogens is 209 g/mol. The number of halogens is 1. The molecule has 0 saturated carbocycles. The van der Waals surface area contributed by atoms with Crippen molar-refractivity contribution in [1.29, 1.82) is 5.26 Å². The summed E-state index contributed by atoms with van der Waals surface area (Å²) in [5, 5.41) is 8.82. The summed E-state index contributed by atoms with van der Waals surface area (Å²) in [5.41, 5.74) is 0.860. The highest BCUT2D eigenvalue weighted by atomic mass is 32.2. The van der Waals surface area contributed by atoms with Crippen LogP contribution < -0.4 is 0 Å². The van der Waals surface area contributed by atoms with Crippen LogP contribution in [-0.2, 0) is 0 Å². The normalized spacial score (nSPS) is 13.3. The Morgan fingerprint density at radius 3 is 2.20 bits per heavy atom. The number of nitriles is 1. The minimum atomic E-state index is -0.267. The molecule has 1 atom stereocenters. The van der Waals surface area contributed by atoms with Crippen LogP contribution >= 0.6 is 11.8 Å². The van der Waals surface area contributed by atoms with Gasteiger partial charge in [-0.1, -0.05) is 32.9 Å². The topological polar surface area (TPSA) is 23.8 Å². The highest BCUT2D eigenvalue weighted by molar-refractivity contribution is 8.01. The molecule has 80 valence electrons. The third-order valence-electron chi connectivity index (χ3n) is 1.76. The van der Waals surface area contributed by atoms with Crippen LogP contribution in [0.4, 0.5) is 4.39 Å². The van der Waals surface area contributed by atoms with Crippen molar-refractivity contribution in [2.24, 2.45) is 0 Å². The van der Waals surface area contributed by atoms with E-state index in [1.807, 2.05) is 0 Å². The average Bonchev–Trinajstić information content (AvgIpc) is 2.14. The highest BCUT2D eigenvalue weighted by Crippen LogP contribution is 2.37. The molecule has 0 bridgehead atoms. The molecule has 1 aromatic rings. The molecule has 3 heteroatoms. The van der Waals surface area contributed by atoms with Gasteiger partial charge in [0.15, 0.2) is 0 Å². The molecule has 0 saturated heterocycles. The molecule has 0 spiro atoms. The van der Waals surface area contributed by atoms with Gasteiger partial charge < -0.3 is 0 Å². The summed E-state index contributed by atoms with van der Waals surface area (Å²) < 4.78 is 12.7. The van der Waals surface area contributed by atoms with Gasteiger partial charge in [-0.25, -0.2) is 4.39 Å². The van der Waals surface area contributed by atoms with Gasteiger partial charge in [0.25, 0.3) is 0 Å². The van der Waals surface area contributed by atoms with E-state index in [0.29, 0.717) is 0 Å². The molecule has 0 aliphatic rings. The lowest BCUT2D eigenvalue weighted by Gasteiger charge is -2.21. The van der Waals surface area contributed by atoms with Gasteiger partial charge in [0.1, 0.15) is 11.1 Å². The zero-order chi connectivity index (χ0) is 11.5. The van der Waals surface area contributed by atoms with Crippen molar-refractivity contribution >= 4 is 11.8 Å². The summed E-state index contributed by atoms with van der Waals surface area (Å²) in [6, 6.07) is 8.36. The Kier molecular flexibility index (Phi) is 3.76. The average molecular weight is 223 g/mol. The van der Waals surface area contributed by atoms with Gasteiger partial charge in [0.05, 0.1) is 6.07 Å². The molecule has 0 N–H and O–H groups in total. The first-order chi connectivity index (χ1) is 6.92. The maximum atomic E-state index is 12.7. The Balaban J connectivity index is 2.85. The maximum absolute atomic E-state index is 12.7.